The molecule has 0 unspecified atom stereocenters. The van der Waals surface area contributed by atoms with Crippen molar-refractivity contribution in [1.29, 1.82) is 0 Å². The van der Waals surface area contributed by atoms with Gasteiger partial charge < -0.3 is 10.4 Å². The molecule has 134 valence electrons. The van der Waals surface area contributed by atoms with E-state index in [-0.39, 0.29) is 6.04 Å². The predicted octanol–water partition coefficient (Wildman–Crippen LogP) is 5.67. The molecule has 0 fully saturated rings. The number of nitrogens with one attached hydrogen (secondary N) is 1. The van der Waals surface area contributed by atoms with Crippen LogP contribution in [0.5, 0.6) is 0 Å². The van der Waals surface area contributed by atoms with E-state index in [1.165, 1.54) is 21.9 Å². The second kappa shape index (κ2) is 5.98. The van der Waals surface area contributed by atoms with Gasteiger partial charge >= 0.3 is 5.97 Å². The van der Waals surface area contributed by atoms with Crippen LogP contribution in [0, 0.1) is 12.8 Å². The Labute approximate surface area is 158 Å². The Morgan fingerprint density at radius 1 is 1.04 bits per heavy atom. The molecule has 0 radical (unpaired) electrons. The highest BCUT2D eigenvalue weighted by Crippen LogP contribution is 2.51. The van der Waals surface area contributed by atoms with Gasteiger partial charge in [-0.1, -0.05) is 60.7 Å². The molecule has 0 amide bonds. The van der Waals surface area contributed by atoms with Crippen LogP contribution < -0.4 is 5.32 Å². The lowest BCUT2D eigenvalue weighted by Gasteiger charge is -2.39. The zero-order chi connectivity index (χ0) is 18.5. The number of carbonyl (C=O) groups is 1. The third-order valence-electron chi connectivity index (χ3n) is 6.19. The van der Waals surface area contributed by atoms with Crippen molar-refractivity contribution in [3.05, 3.63) is 89.0 Å². The Balaban J connectivity index is 1.70. The Hall–Kier alpha value is -3.07. The van der Waals surface area contributed by atoms with Crippen LogP contribution in [0.3, 0.4) is 0 Å². The predicted molar refractivity (Wildman–Crippen MR) is 108 cm³/mol. The molecular weight excluding hydrogens is 334 g/mol. The van der Waals surface area contributed by atoms with Gasteiger partial charge in [0.2, 0.25) is 0 Å². The summed E-state index contributed by atoms with van der Waals surface area (Å²) in [6, 6.07) is 18.8. The van der Waals surface area contributed by atoms with Gasteiger partial charge in [-0.05, 0) is 52.8 Å². The number of rotatable bonds is 2. The molecular formula is C24H21NO2. The minimum Gasteiger partial charge on any atom is -0.478 e. The standard InChI is InChI=1S/C24H21NO2/c1-14-16(24(26)27)12-13-21-18-9-5-11-20(18)23(25-22(14)21)19-10-4-7-15-6-2-3-8-17(15)19/h2-10,12-13,18,20,23,25H,11H2,1H3,(H,26,27)/t18-,20+,23+/m0/s1. The van der Waals surface area contributed by atoms with Gasteiger partial charge in [-0.3, -0.25) is 0 Å². The first kappa shape index (κ1) is 16.1. The zero-order valence-electron chi connectivity index (χ0n) is 15.1. The fraction of sp³-hybridized carbons (Fsp3) is 0.208. The topological polar surface area (TPSA) is 49.3 Å². The van der Waals surface area contributed by atoms with Crippen LogP contribution in [-0.4, -0.2) is 11.1 Å². The van der Waals surface area contributed by atoms with Crippen molar-refractivity contribution in [2.45, 2.75) is 25.3 Å². The van der Waals surface area contributed by atoms with E-state index in [1.54, 1.807) is 6.07 Å². The van der Waals surface area contributed by atoms with Gasteiger partial charge in [-0.15, -0.1) is 0 Å². The van der Waals surface area contributed by atoms with E-state index >= 15 is 0 Å². The molecule has 27 heavy (non-hydrogen) atoms. The maximum Gasteiger partial charge on any atom is 0.336 e. The van der Waals surface area contributed by atoms with Crippen LogP contribution in [-0.2, 0) is 0 Å². The average Bonchev–Trinajstić information content (AvgIpc) is 3.17. The van der Waals surface area contributed by atoms with Crippen molar-refractivity contribution >= 4 is 22.4 Å². The summed E-state index contributed by atoms with van der Waals surface area (Å²) in [5.41, 5.74) is 4.69. The third-order valence-corrected chi connectivity index (χ3v) is 6.19. The second-order valence-corrected chi connectivity index (χ2v) is 7.55. The number of anilines is 1. The molecule has 0 bridgehead atoms. The fourth-order valence-corrected chi connectivity index (χ4v) is 4.88. The van der Waals surface area contributed by atoms with Crippen molar-refractivity contribution < 1.29 is 9.90 Å². The first-order valence-electron chi connectivity index (χ1n) is 9.43. The van der Waals surface area contributed by atoms with E-state index in [0.717, 1.165) is 17.7 Å². The molecule has 1 aliphatic carbocycles. The van der Waals surface area contributed by atoms with Crippen LogP contribution in [0.15, 0.2) is 66.7 Å². The monoisotopic (exact) mass is 355 g/mol. The minimum absolute atomic E-state index is 0.159. The maximum atomic E-state index is 11.6. The summed E-state index contributed by atoms with van der Waals surface area (Å²) in [7, 11) is 0. The normalized spacial score (nSPS) is 22.9. The van der Waals surface area contributed by atoms with Crippen molar-refractivity contribution in [2.24, 2.45) is 5.92 Å². The Bertz CT molecular complexity index is 1090. The van der Waals surface area contributed by atoms with Crippen LogP contribution in [0.4, 0.5) is 5.69 Å². The molecule has 2 aliphatic rings. The average molecular weight is 355 g/mol. The lowest BCUT2D eigenvalue weighted by molar-refractivity contribution is 0.0696. The number of allylic oxidation sites excluding steroid dienone is 2. The number of carboxylic acids is 1. The Kier molecular flexibility index (Phi) is 3.57. The lowest BCUT2D eigenvalue weighted by Crippen LogP contribution is -2.30. The smallest absolute Gasteiger partial charge is 0.336 e. The van der Waals surface area contributed by atoms with Gasteiger partial charge in [-0.2, -0.15) is 0 Å². The molecule has 1 heterocycles. The van der Waals surface area contributed by atoms with Gasteiger partial charge in [0.1, 0.15) is 0 Å². The summed E-state index contributed by atoms with van der Waals surface area (Å²) in [5.74, 6) is -0.104. The largest absolute Gasteiger partial charge is 0.478 e. The van der Waals surface area contributed by atoms with E-state index in [0.29, 0.717) is 17.4 Å². The number of hydrogen-bond acceptors (Lipinski definition) is 2. The van der Waals surface area contributed by atoms with Crippen molar-refractivity contribution in [3.8, 4) is 0 Å². The van der Waals surface area contributed by atoms with E-state index in [4.69, 9.17) is 0 Å². The first-order chi connectivity index (χ1) is 13.1. The highest BCUT2D eigenvalue weighted by molar-refractivity contribution is 5.92. The van der Waals surface area contributed by atoms with Crippen LogP contribution in [0.25, 0.3) is 10.8 Å². The number of aromatic carboxylic acids is 1. The second-order valence-electron chi connectivity index (χ2n) is 7.55. The fourth-order valence-electron chi connectivity index (χ4n) is 4.88. The molecule has 2 N–H and O–H groups in total. The minimum atomic E-state index is -0.872. The molecule has 1 aliphatic heterocycles. The summed E-state index contributed by atoms with van der Waals surface area (Å²) in [4.78, 5) is 11.6. The molecule has 3 aromatic carbocycles. The zero-order valence-corrected chi connectivity index (χ0v) is 15.1. The van der Waals surface area contributed by atoms with Gasteiger partial charge in [0.25, 0.3) is 0 Å². The molecule has 3 aromatic rings. The van der Waals surface area contributed by atoms with Crippen molar-refractivity contribution in [1.82, 2.24) is 0 Å². The maximum absolute atomic E-state index is 11.6. The molecule has 0 saturated carbocycles. The molecule has 3 nitrogen and oxygen atoms in total. The number of benzene rings is 3. The Morgan fingerprint density at radius 2 is 1.85 bits per heavy atom. The SMILES string of the molecule is Cc1c(C(=O)O)ccc2c1N[C@H](c1cccc3ccccc13)[C@@H]1CC=C[C@H]21. The molecule has 0 aromatic heterocycles. The number of hydrogen-bond donors (Lipinski definition) is 2. The van der Waals surface area contributed by atoms with Gasteiger partial charge in [0, 0.05) is 11.6 Å². The van der Waals surface area contributed by atoms with Crippen LogP contribution in [0.2, 0.25) is 0 Å². The van der Waals surface area contributed by atoms with Gasteiger partial charge in [0.05, 0.1) is 11.6 Å². The number of carboxylic acid groups (broad SMARTS) is 1. The summed E-state index contributed by atoms with van der Waals surface area (Å²) in [5, 5.41) is 15.8. The van der Waals surface area contributed by atoms with E-state index < -0.39 is 5.97 Å². The van der Waals surface area contributed by atoms with E-state index in [1.807, 2.05) is 13.0 Å². The Morgan fingerprint density at radius 3 is 2.70 bits per heavy atom. The van der Waals surface area contributed by atoms with Crippen molar-refractivity contribution in [3.63, 3.8) is 0 Å². The highest BCUT2D eigenvalue weighted by atomic mass is 16.4. The molecule has 3 atom stereocenters. The number of fused-ring (bicyclic) bond motifs is 4. The van der Waals surface area contributed by atoms with Gasteiger partial charge in [-0.25, -0.2) is 4.79 Å². The third kappa shape index (κ3) is 2.38. The lowest BCUT2D eigenvalue weighted by atomic mass is 9.75. The molecule has 5 rings (SSSR count). The highest BCUT2D eigenvalue weighted by Gasteiger charge is 2.39. The first-order valence-corrected chi connectivity index (χ1v) is 9.43. The van der Waals surface area contributed by atoms with Crippen molar-refractivity contribution in [2.75, 3.05) is 5.32 Å². The van der Waals surface area contributed by atoms with E-state index in [9.17, 15) is 9.90 Å². The molecule has 0 saturated heterocycles. The summed E-state index contributed by atoms with van der Waals surface area (Å²) < 4.78 is 0. The van der Waals surface area contributed by atoms with Gasteiger partial charge in [0.15, 0.2) is 0 Å². The quantitative estimate of drug-likeness (QED) is 0.582. The van der Waals surface area contributed by atoms with Crippen LogP contribution in [0.1, 0.15) is 45.4 Å². The summed E-state index contributed by atoms with van der Waals surface area (Å²) in [6.45, 7) is 1.91. The molecule has 3 heteroatoms. The van der Waals surface area contributed by atoms with Crippen LogP contribution >= 0.6 is 0 Å². The summed E-state index contributed by atoms with van der Waals surface area (Å²) in [6.07, 6.45) is 5.59. The molecule has 0 spiro atoms. The van der Waals surface area contributed by atoms with E-state index in [2.05, 4.69) is 59.9 Å². The summed E-state index contributed by atoms with van der Waals surface area (Å²) >= 11 is 0.